The molecule has 7 rings (SSSR count). The Morgan fingerprint density at radius 2 is 1.69 bits per heavy atom. The summed E-state index contributed by atoms with van der Waals surface area (Å²) < 4.78 is 0. The number of imide groups is 1. The van der Waals surface area contributed by atoms with Gasteiger partial charge in [-0.3, -0.25) is 19.7 Å². The molecule has 4 unspecified atom stereocenters. The van der Waals surface area contributed by atoms with Crippen LogP contribution in [0.15, 0.2) is 79.0 Å². The lowest BCUT2D eigenvalue weighted by Gasteiger charge is -2.29. The number of hydrogen-bond donors (Lipinski definition) is 3. The smallest absolute Gasteiger partial charge is 0.250 e. The number of benzene rings is 3. The Hall–Kier alpha value is -4.23. The number of nitrogens with zero attached hydrogens (tertiary/aromatic N) is 1. The van der Waals surface area contributed by atoms with Gasteiger partial charge in [0.25, 0.3) is 0 Å². The van der Waals surface area contributed by atoms with Crippen molar-refractivity contribution in [3.8, 4) is 0 Å². The lowest BCUT2D eigenvalue weighted by atomic mass is 9.76. The first-order valence-electron chi connectivity index (χ1n) is 12.2. The van der Waals surface area contributed by atoms with Crippen molar-refractivity contribution >= 4 is 40.0 Å². The van der Waals surface area contributed by atoms with E-state index < -0.39 is 23.4 Å². The van der Waals surface area contributed by atoms with Crippen LogP contribution in [-0.4, -0.2) is 28.7 Å². The Morgan fingerprint density at radius 3 is 2.53 bits per heavy atom. The number of aromatic nitrogens is 1. The van der Waals surface area contributed by atoms with Gasteiger partial charge in [-0.1, -0.05) is 54.1 Å². The first kappa shape index (κ1) is 21.1. The van der Waals surface area contributed by atoms with Crippen molar-refractivity contribution in [1.29, 1.82) is 0 Å². The van der Waals surface area contributed by atoms with Crippen molar-refractivity contribution in [2.45, 2.75) is 24.9 Å². The monoisotopic (exact) mass is 476 g/mol. The van der Waals surface area contributed by atoms with Crippen molar-refractivity contribution in [2.75, 3.05) is 10.2 Å². The minimum atomic E-state index is -1.31. The summed E-state index contributed by atoms with van der Waals surface area (Å²) in [5.41, 5.74) is 3.68. The number of carbonyl (C=O) groups is 3. The van der Waals surface area contributed by atoms with Gasteiger partial charge in [-0.05, 0) is 43.2 Å². The highest BCUT2D eigenvalue weighted by molar-refractivity contribution is 6.25. The molecule has 36 heavy (non-hydrogen) atoms. The molecule has 2 fully saturated rings. The van der Waals surface area contributed by atoms with Crippen molar-refractivity contribution in [1.82, 2.24) is 10.3 Å². The fraction of sp³-hybridized carbons (Fsp3) is 0.207. The number of H-pyrrole nitrogens is 1. The zero-order valence-corrected chi connectivity index (χ0v) is 19.6. The van der Waals surface area contributed by atoms with Gasteiger partial charge in [-0.15, -0.1) is 0 Å². The summed E-state index contributed by atoms with van der Waals surface area (Å²) in [6.45, 7) is 1.96. The molecular formula is C29H24N4O3. The SMILES string of the molecule is Cc1ccc2c(c1)C1(NC(Cc3c[nH]c4ccccc34)C3C(=O)N(c4ccccc4)C(=O)C31)C(=O)N2. The molecule has 3 aliphatic rings. The zero-order chi connectivity index (χ0) is 24.6. The third-order valence-electron chi connectivity index (χ3n) is 8.00. The van der Waals surface area contributed by atoms with Crippen LogP contribution in [0.1, 0.15) is 16.7 Å². The van der Waals surface area contributed by atoms with Crippen molar-refractivity contribution in [2.24, 2.45) is 11.8 Å². The minimum Gasteiger partial charge on any atom is -0.361 e. The highest BCUT2D eigenvalue weighted by Gasteiger charge is 2.70. The molecule has 4 aromatic rings. The molecule has 0 bridgehead atoms. The van der Waals surface area contributed by atoms with Crippen molar-refractivity contribution in [3.05, 3.63) is 95.7 Å². The van der Waals surface area contributed by atoms with E-state index in [0.717, 1.165) is 27.6 Å². The number of carbonyl (C=O) groups excluding carboxylic acids is 3. The van der Waals surface area contributed by atoms with Crippen LogP contribution in [0.3, 0.4) is 0 Å². The number of rotatable bonds is 3. The van der Waals surface area contributed by atoms with Crippen LogP contribution in [-0.2, 0) is 26.3 Å². The Morgan fingerprint density at radius 1 is 0.917 bits per heavy atom. The van der Waals surface area contributed by atoms with Gasteiger partial charge in [0, 0.05) is 34.4 Å². The summed E-state index contributed by atoms with van der Waals surface area (Å²) in [5.74, 6) is -2.41. The molecule has 0 saturated carbocycles. The first-order valence-corrected chi connectivity index (χ1v) is 12.2. The van der Waals surface area contributed by atoms with Crippen LogP contribution in [0, 0.1) is 18.8 Å². The number of aromatic amines is 1. The maximum absolute atomic E-state index is 14.0. The lowest BCUT2D eigenvalue weighted by Crippen LogP contribution is -2.53. The van der Waals surface area contributed by atoms with Gasteiger partial charge >= 0.3 is 0 Å². The van der Waals surface area contributed by atoms with E-state index in [9.17, 15) is 14.4 Å². The number of para-hydroxylation sites is 2. The Balaban J connectivity index is 1.39. The van der Waals surface area contributed by atoms with Gasteiger partial charge < -0.3 is 10.3 Å². The molecule has 3 aromatic carbocycles. The summed E-state index contributed by atoms with van der Waals surface area (Å²) in [4.78, 5) is 46.3. The molecule has 7 nitrogen and oxygen atoms in total. The fourth-order valence-electron chi connectivity index (χ4n) is 6.46. The number of nitrogens with one attached hydrogen (secondary N) is 3. The quantitative estimate of drug-likeness (QED) is 0.394. The normalized spacial score (nSPS) is 26.6. The Bertz CT molecular complexity index is 1580. The van der Waals surface area contributed by atoms with E-state index in [1.807, 2.05) is 73.8 Å². The maximum atomic E-state index is 14.0. The Kier molecular flexibility index (Phi) is 4.32. The van der Waals surface area contributed by atoms with Gasteiger partial charge in [-0.25, -0.2) is 4.90 Å². The van der Waals surface area contributed by atoms with E-state index in [0.29, 0.717) is 17.8 Å². The second-order valence-corrected chi connectivity index (χ2v) is 9.98. The van der Waals surface area contributed by atoms with E-state index in [2.05, 4.69) is 15.6 Å². The van der Waals surface area contributed by atoms with Crippen LogP contribution in [0.2, 0.25) is 0 Å². The third kappa shape index (κ3) is 2.69. The highest BCUT2D eigenvalue weighted by atomic mass is 16.2. The highest BCUT2D eigenvalue weighted by Crippen LogP contribution is 2.54. The number of anilines is 2. The van der Waals surface area contributed by atoms with Gasteiger partial charge in [-0.2, -0.15) is 0 Å². The molecule has 3 N–H and O–H groups in total. The maximum Gasteiger partial charge on any atom is 0.250 e. The van der Waals surface area contributed by atoms with Crippen LogP contribution >= 0.6 is 0 Å². The van der Waals surface area contributed by atoms with E-state index >= 15 is 0 Å². The lowest BCUT2D eigenvalue weighted by molar-refractivity contribution is -0.130. The topological polar surface area (TPSA) is 94.3 Å². The van der Waals surface area contributed by atoms with Crippen LogP contribution in [0.4, 0.5) is 11.4 Å². The number of hydrogen-bond acceptors (Lipinski definition) is 4. The molecule has 0 radical (unpaired) electrons. The standard InChI is InChI=1S/C29H24N4O3/c1-16-11-12-22-20(13-16)29(28(36)31-22)25-24(26(34)33(27(25)35)18-7-3-2-4-8-18)23(32-29)14-17-15-30-21-10-6-5-9-19(17)21/h2-13,15,23-25,30,32H,14H2,1H3,(H,31,36). The molecule has 0 aliphatic carbocycles. The van der Waals surface area contributed by atoms with E-state index in [4.69, 9.17) is 0 Å². The largest absolute Gasteiger partial charge is 0.361 e. The number of amides is 3. The molecule has 7 heteroatoms. The summed E-state index contributed by atoms with van der Waals surface area (Å²) in [6.07, 6.45) is 2.46. The predicted octanol–water partition coefficient (Wildman–Crippen LogP) is 3.64. The predicted molar refractivity (Wildman–Crippen MR) is 136 cm³/mol. The summed E-state index contributed by atoms with van der Waals surface area (Å²) in [7, 11) is 0. The van der Waals surface area contributed by atoms with Gasteiger partial charge in [0.1, 0.15) is 5.54 Å². The second-order valence-electron chi connectivity index (χ2n) is 9.98. The molecule has 1 aromatic heterocycles. The van der Waals surface area contributed by atoms with Crippen molar-refractivity contribution < 1.29 is 14.4 Å². The molecule has 1 spiro atoms. The number of fused-ring (bicyclic) bond motifs is 5. The van der Waals surface area contributed by atoms with Gasteiger partial charge in [0.15, 0.2) is 0 Å². The van der Waals surface area contributed by atoms with Gasteiger partial charge in [0.05, 0.1) is 17.5 Å². The van der Waals surface area contributed by atoms with Gasteiger partial charge in [0.2, 0.25) is 17.7 Å². The average molecular weight is 477 g/mol. The summed E-state index contributed by atoms with van der Waals surface area (Å²) in [6, 6.07) is 22.4. The molecule has 4 heterocycles. The van der Waals surface area contributed by atoms with Crippen molar-refractivity contribution in [3.63, 3.8) is 0 Å². The van der Waals surface area contributed by atoms with Crippen LogP contribution in [0.25, 0.3) is 10.9 Å². The Labute approximate surface area is 207 Å². The average Bonchev–Trinajstić information content (AvgIpc) is 3.59. The molecule has 2 saturated heterocycles. The number of aryl methyl sites for hydroxylation is 1. The fourth-order valence-corrected chi connectivity index (χ4v) is 6.46. The van der Waals surface area contributed by atoms with Crippen LogP contribution < -0.4 is 15.5 Å². The second kappa shape index (κ2) is 7.38. The molecular weight excluding hydrogens is 452 g/mol. The first-order chi connectivity index (χ1) is 17.5. The zero-order valence-electron chi connectivity index (χ0n) is 19.6. The third-order valence-corrected chi connectivity index (χ3v) is 8.00. The summed E-state index contributed by atoms with van der Waals surface area (Å²) >= 11 is 0. The molecule has 178 valence electrons. The van der Waals surface area contributed by atoms with Crippen LogP contribution in [0.5, 0.6) is 0 Å². The van der Waals surface area contributed by atoms with E-state index in [1.54, 1.807) is 12.1 Å². The molecule has 3 amide bonds. The van der Waals surface area contributed by atoms with E-state index in [1.165, 1.54) is 4.90 Å². The molecule has 3 aliphatic heterocycles. The summed E-state index contributed by atoms with van der Waals surface area (Å²) in [5, 5.41) is 7.59. The van der Waals surface area contributed by atoms with E-state index in [-0.39, 0.29) is 17.7 Å². The molecule has 4 atom stereocenters. The minimum absolute atomic E-state index is 0.265.